The molecule has 0 saturated heterocycles. The van der Waals surface area contributed by atoms with Crippen LogP contribution in [0.3, 0.4) is 0 Å². The van der Waals surface area contributed by atoms with Gasteiger partial charge in [-0.25, -0.2) is 0 Å². The normalized spacial score (nSPS) is 10.8. The Morgan fingerprint density at radius 2 is 0.765 bits per heavy atom. The van der Waals surface area contributed by atoms with Gasteiger partial charge in [-0.05, 0) is 61.5 Å². The topological polar surface area (TPSA) is 0 Å². The molecule has 0 heterocycles. The number of hydrogen-bond acceptors (Lipinski definition) is 0. The molecule has 6 aromatic carbocycles. The van der Waals surface area contributed by atoms with Crippen LogP contribution < -0.4 is 35.4 Å². The largest absolute Gasteiger partial charge is 4.00 e. The Morgan fingerprint density at radius 1 is 0.431 bits per heavy atom. The second kappa shape index (κ2) is 24.7. The molecule has 6 aromatic rings. The summed E-state index contributed by atoms with van der Waals surface area (Å²) < 4.78 is 0. The maximum absolute atomic E-state index is 2.49. The van der Waals surface area contributed by atoms with Crippen LogP contribution in [-0.4, -0.2) is 24.6 Å². The Hall–Kier alpha value is -1.59. The minimum atomic E-state index is 0. The minimum absolute atomic E-state index is 0. The molecule has 0 fully saturated rings. The summed E-state index contributed by atoms with van der Waals surface area (Å²) in [6.07, 6.45) is 16.2. The maximum Gasteiger partial charge on any atom is 4.00 e. The first-order valence-corrected chi connectivity index (χ1v) is 22.1. The predicted octanol–water partition coefficient (Wildman–Crippen LogP) is 7.87. The van der Waals surface area contributed by atoms with Gasteiger partial charge < -0.3 is 24.8 Å². The van der Waals surface area contributed by atoms with Gasteiger partial charge in [-0.1, -0.05) is 153 Å². The van der Waals surface area contributed by atoms with Crippen molar-refractivity contribution in [2.75, 3.05) is 24.6 Å². The number of unbranched alkanes of at least 4 members (excludes halogenated alkanes) is 4. The molecule has 0 amide bonds. The SMILES string of the molecule is CCCCP(CCCC)c1cc2c(-c3ccccc3)cccc2[cH-]1.CCCCP(CCCC)c1cc2c(-c3ccccc3)cccc2[cH-]1.[Cl-].[Cl-].[Hf+4]. The quantitative estimate of drug-likeness (QED) is 0.0528. The van der Waals surface area contributed by atoms with E-state index < -0.39 is 0 Å². The van der Waals surface area contributed by atoms with Crippen molar-refractivity contribution in [1.29, 1.82) is 0 Å². The molecule has 0 saturated carbocycles. The van der Waals surface area contributed by atoms with E-state index in [2.05, 4.69) is 149 Å². The fourth-order valence-electron chi connectivity index (χ4n) is 6.68. The average Bonchev–Trinajstić information content (AvgIpc) is 3.78. The first kappa shape index (κ1) is 45.6. The summed E-state index contributed by atoms with van der Waals surface area (Å²) in [5.41, 5.74) is 5.40. The van der Waals surface area contributed by atoms with Crippen molar-refractivity contribution in [1.82, 2.24) is 0 Å². The van der Waals surface area contributed by atoms with Gasteiger partial charge in [-0.2, -0.15) is 12.1 Å². The number of fused-ring (bicyclic) bond motifs is 2. The van der Waals surface area contributed by atoms with E-state index in [1.54, 1.807) is 10.6 Å². The van der Waals surface area contributed by atoms with Gasteiger partial charge in [0, 0.05) is 0 Å². The Morgan fingerprint density at radius 3 is 1.08 bits per heavy atom. The molecular weight excluding hydrogens is 864 g/mol. The zero-order chi connectivity index (χ0) is 33.6. The number of halogens is 2. The minimum Gasteiger partial charge on any atom is -1.00 e. The molecule has 0 N–H and O–H groups in total. The third-order valence-corrected chi connectivity index (χ3v) is 14.9. The van der Waals surface area contributed by atoms with Gasteiger partial charge in [0.1, 0.15) is 0 Å². The molecule has 0 aliphatic heterocycles. The van der Waals surface area contributed by atoms with Crippen molar-refractivity contribution >= 4 is 48.0 Å². The molecule has 0 aromatic heterocycles. The molecule has 0 aliphatic rings. The molecule has 0 unspecified atom stereocenters. The van der Waals surface area contributed by atoms with Crippen molar-refractivity contribution in [3.05, 3.63) is 121 Å². The first-order valence-electron chi connectivity index (χ1n) is 18.7. The van der Waals surface area contributed by atoms with Gasteiger partial charge in [0.05, 0.1) is 0 Å². The van der Waals surface area contributed by atoms with Crippen LogP contribution in [0.4, 0.5) is 0 Å². The van der Waals surface area contributed by atoms with Gasteiger partial charge in [-0.15, -0.1) is 68.6 Å². The summed E-state index contributed by atoms with van der Waals surface area (Å²) in [6, 6.07) is 45.0. The summed E-state index contributed by atoms with van der Waals surface area (Å²) >= 11 is 0. The molecule has 0 aliphatic carbocycles. The zero-order valence-corrected chi connectivity index (χ0v) is 38.1. The zero-order valence-electron chi connectivity index (χ0n) is 31.2. The van der Waals surface area contributed by atoms with Crippen LogP contribution in [0.2, 0.25) is 0 Å². The van der Waals surface area contributed by atoms with Gasteiger partial charge in [-0.3, -0.25) is 0 Å². The Bertz CT molecular complexity index is 1640. The van der Waals surface area contributed by atoms with Gasteiger partial charge >= 0.3 is 25.8 Å². The van der Waals surface area contributed by atoms with E-state index in [1.807, 2.05) is 0 Å². The van der Waals surface area contributed by atoms with Crippen LogP contribution in [-0.2, 0) is 25.8 Å². The van der Waals surface area contributed by atoms with E-state index in [4.69, 9.17) is 0 Å². The molecule has 5 heteroatoms. The van der Waals surface area contributed by atoms with E-state index >= 15 is 0 Å². The van der Waals surface area contributed by atoms with E-state index in [9.17, 15) is 0 Å². The fourth-order valence-corrected chi connectivity index (χ4v) is 12.2. The Kier molecular flexibility index (Phi) is 22.0. The predicted molar refractivity (Wildman–Crippen MR) is 222 cm³/mol. The van der Waals surface area contributed by atoms with Crippen LogP contribution in [0.15, 0.2) is 121 Å². The Balaban J connectivity index is 0.000000334. The van der Waals surface area contributed by atoms with Crippen LogP contribution >= 0.6 is 15.8 Å². The monoisotopic (exact) mass is 920 g/mol. The van der Waals surface area contributed by atoms with E-state index in [0.29, 0.717) is 0 Å². The third kappa shape index (κ3) is 12.8. The second-order valence-electron chi connectivity index (χ2n) is 13.2. The molecule has 0 spiro atoms. The third-order valence-electron chi connectivity index (χ3n) is 9.50. The van der Waals surface area contributed by atoms with Gasteiger partial charge in [0.2, 0.25) is 0 Å². The summed E-state index contributed by atoms with van der Waals surface area (Å²) in [5, 5.41) is 8.91. The van der Waals surface area contributed by atoms with Crippen LogP contribution in [0, 0.1) is 0 Å². The smallest absolute Gasteiger partial charge is 1.00 e. The van der Waals surface area contributed by atoms with Crippen molar-refractivity contribution in [2.45, 2.75) is 79.1 Å². The second-order valence-corrected chi connectivity index (χ2v) is 18.1. The van der Waals surface area contributed by atoms with Crippen LogP contribution in [0.25, 0.3) is 43.8 Å². The molecular formula is C46H56Cl2HfP2. The van der Waals surface area contributed by atoms with Gasteiger partial charge in [0.25, 0.3) is 0 Å². The fraction of sp³-hybridized carbons (Fsp3) is 0.348. The van der Waals surface area contributed by atoms with Crippen LogP contribution in [0.5, 0.6) is 0 Å². The van der Waals surface area contributed by atoms with Crippen molar-refractivity contribution in [3.8, 4) is 22.3 Å². The first-order chi connectivity index (χ1) is 23.7. The Labute approximate surface area is 343 Å². The number of benzene rings is 4. The molecule has 0 radical (unpaired) electrons. The van der Waals surface area contributed by atoms with Crippen LogP contribution in [0.1, 0.15) is 79.1 Å². The molecule has 0 nitrogen and oxygen atoms in total. The van der Waals surface area contributed by atoms with Gasteiger partial charge in [0.15, 0.2) is 0 Å². The standard InChI is InChI=1S/2C23H28P.2ClH.Hf/c2*1-3-5-15-24(16-6-4-2)21-17-20-13-10-14-22(23(20)18-21)19-11-8-7-9-12-19;;;/h2*7-14,17-18H,3-6,15-16H2,1-2H3;2*1H;/q2*-1;;;+4/p-2. The van der Waals surface area contributed by atoms with E-state index in [1.165, 1.54) is 120 Å². The molecule has 0 atom stereocenters. The summed E-state index contributed by atoms with van der Waals surface area (Å²) in [5.74, 6) is 0. The molecule has 0 bridgehead atoms. The summed E-state index contributed by atoms with van der Waals surface area (Å²) in [4.78, 5) is 0. The maximum atomic E-state index is 2.49. The van der Waals surface area contributed by atoms with Crippen molar-refractivity contribution in [2.24, 2.45) is 0 Å². The van der Waals surface area contributed by atoms with E-state index in [0.717, 1.165) is 0 Å². The van der Waals surface area contributed by atoms with Crippen molar-refractivity contribution in [3.63, 3.8) is 0 Å². The molecule has 268 valence electrons. The number of hydrogen-bond donors (Lipinski definition) is 0. The summed E-state index contributed by atoms with van der Waals surface area (Å²) in [6.45, 7) is 9.23. The van der Waals surface area contributed by atoms with E-state index in [-0.39, 0.29) is 66.5 Å². The average molecular weight is 920 g/mol. The summed E-state index contributed by atoms with van der Waals surface area (Å²) in [7, 11) is 0.00872. The molecule has 6 rings (SSSR count). The van der Waals surface area contributed by atoms with Crippen molar-refractivity contribution < 1.29 is 50.7 Å². The molecule has 51 heavy (non-hydrogen) atoms. The number of rotatable bonds is 16.